The van der Waals surface area contributed by atoms with Crippen LogP contribution in [0.25, 0.3) is 10.9 Å². The Labute approximate surface area is 202 Å². The van der Waals surface area contributed by atoms with Crippen LogP contribution in [-0.2, 0) is 13.1 Å². The van der Waals surface area contributed by atoms with Gasteiger partial charge in [-0.25, -0.2) is 0 Å². The molecule has 4 aromatic rings. The Kier molecular flexibility index (Phi) is 7.18. The van der Waals surface area contributed by atoms with Crippen LogP contribution in [0.15, 0.2) is 66.7 Å². The number of nitro benzene ring substituents is 1. The number of para-hydroxylation sites is 1. The summed E-state index contributed by atoms with van der Waals surface area (Å²) in [5, 5.41) is 19.9. The number of rotatable bonds is 9. The van der Waals surface area contributed by atoms with Crippen molar-refractivity contribution >= 4 is 45.5 Å². The first kappa shape index (κ1) is 23.1. The predicted octanol–water partition coefficient (Wildman–Crippen LogP) is 6.41. The Morgan fingerprint density at radius 2 is 1.73 bits per heavy atom. The average Bonchev–Trinajstić information content (AvgIpc) is 3.07. The van der Waals surface area contributed by atoms with Crippen molar-refractivity contribution in [1.29, 1.82) is 0 Å². The molecule has 3 aromatic carbocycles. The Morgan fingerprint density at radius 3 is 2.48 bits per heavy atom. The molecule has 0 aliphatic carbocycles. The summed E-state index contributed by atoms with van der Waals surface area (Å²) in [5.41, 5.74) is 5.39. The van der Waals surface area contributed by atoms with E-state index in [0.717, 1.165) is 17.1 Å². The lowest BCUT2D eigenvalue weighted by Crippen LogP contribution is -2.22. The molecular formula is C25H24Cl2N4O2. The maximum atomic E-state index is 10.8. The van der Waals surface area contributed by atoms with E-state index in [1.807, 2.05) is 18.2 Å². The summed E-state index contributed by atoms with van der Waals surface area (Å²) in [5.74, 6) is 0. The third-order valence-electron chi connectivity index (χ3n) is 5.73. The fourth-order valence-electron chi connectivity index (χ4n) is 3.99. The van der Waals surface area contributed by atoms with E-state index in [1.165, 1.54) is 34.3 Å². The number of halogens is 2. The molecule has 1 heterocycles. The van der Waals surface area contributed by atoms with Gasteiger partial charge < -0.3 is 15.2 Å². The molecule has 1 aromatic heterocycles. The smallest absolute Gasteiger partial charge is 0.271 e. The minimum atomic E-state index is -0.457. The van der Waals surface area contributed by atoms with Crippen LogP contribution in [0.2, 0.25) is 10.0 Å². The van der Waals surface area contributed by atoms with E-state index in [4.69, 9.17) is 23.2 Å². The lowest BCUT2D eigenvalue weighted by Gasteiger charge is -2.11. The number of hydrogen-bond acceptors (Lipinski definition) is 4. The number of fused-ring (bicyclic) bond motifs is 1. The second kappa shape index (κ2) is 10.3. The number of nitro groups is 1. The number of nitrogens with zero attached hydrogens (tertiary/aromatic N) is 2. The maximum Gasteiger partial charge on any atom is 0.271 e. The van der Waals surface area contributed by atoms with Crippen molar-refractivity contribution in [2.45, 2.75) is 20.0 Å². The number of nitrogens with one attached hydrogen (secondary N) is 2. The molecule has 0 saturated carbocycles. The maximum absolute atomic E-state index is 10.8. The van der Waals surface area contributed by atoms with Crippen LogP contribution < -0.4 is 10.6 Å². The van der Waals surface area contributed by atoms with E-state index >= 15 is 0 Å². The van der Waals surface area contributed by atoms with Gasteiger partial charge in [0.25, 0.3) is 5.69 Å². The summed E-state index contributed by atoms with van der Waals surface area (Å²) in [7, 11) is 0. The predicted molar refractivity (Wildman–Crippen MR) is 136 cm³/mol. The van der Waals surface area contributed by atoms with Crippen LogP contribution in [0.3, 0.4) is 0 Å². The Morgan fingerprint density at radius 1 is 0.970 bits per heavy atom. The van der Waals surface area contributed by atoms with Gasteiger partial charge in [0.15, 0.2) is 0 Å². The van der Waals surface area contributed by atoms with Gasteiger partial charge in [-0.2, -0.15) is 0 Å². The summed E-state index contributed by atoms with van der Waals surface area (Å²) >= 11 is 12.6. The monoisotopic (exact) mass is 482 g/mol. The largest absolute Gasteiger partial charge is 0.383 e. The van der Waals surface area contributed by atoms with Crippen molar-refractivity contribution in [1.82, 2.24) is 9.88 Å². The molecule has 0 aliphatic heterocycles. The first-order valence-corrected chi connectivity index (χ1v) is 11.4. The Hall–Kier alpha value is -3.06. The molecule has 0 atom stereocenters. The normalized spacial score (nSPS) is 11.1. The molecule has 2 N–H and O–H groups in total. The van der Waals surface area contributed by atoms with Crippen LogP contribution in [0, 0.1) is 17.0 Å². The van der Waals surface area contributed by atoms with Gasteiger partial charge >= 0.3 is 0 Å². The molecule has 33 heavy (non-hydrogen) atoms. The van der Waals surface area contributed by atoms with Gasteiger partial charge in [-0.05, 0) is 36.2 Å². The highest BCUT2D eigenvalue weighted by atomic mass is 35.5. The molecule has 6 nitrogen and oxygen atoms in total. The summed E-state index contributed by atoms with van der Waals surface area (Å²) < 4.78 is 2.31. The van der Waals surface area contributed by atoms with E-state index in [0.29, 0.717) is 30.3 Å². The fourth-order valence-corrected chi connectivity index (χ4v) is 4.42. The zero-order chi connectivity index (χ0) is 23.4. The summed E-state index contributed by atoms with van der Waals surface area (Å²) in [4.78, 5) is 10.4. The van der Waals surface area contributed by atoms with Crippen LogP contribution in [0.5, 0.6) is 0 Å². The zero-order valence-electron chi connectivity index (χ0n) is 18.1. The highest BCUT2D eigenvalue weighted by molar-refractivity contribution is 6.33. The Bertz CT molecular complexity index is 1300. The molecular weight excluding hydrogens is 459 g/mol. The van der Waals surface area contributed by atoms with Crippen molar-refractivity contribution in [2.75, 3.05) is 18.4 Å². The quantitative estimate of drug-likeness (QED) is 0.164. The number of benzene rings is 3. The van der Waals surface area contributed by atoms with Crippen molar-refractivity contribution in [3.05, 3.63) is 104 Å². The van der Waals surface area contributed by atoms with Crippen molar-refractivity contribution in [2.24, 2.45) is 0 Å². The summed E-state index contributed by atoms with van der Waals surface area (Å²) in [6.07, 6.45) is 0. The first-order valence-electron chi connectivity index (χ1n) is 10.6. The van der Waals surface area contributed by atoms with Gasteiger partial charge in [-0.3, -0.25) is 10.1 Å². The number of anilines is 1. The van der Waals surface area contributed by atoms with E-state index in [9.17, 15) is 10.1 Å². The van der Waals surface area contributed by atoms with Gasteiger partial charge in [0.05, 0.1) is 15.6 Å². The molecule has 0 saturated heterocycles. The van der Waals surface area contributed by atoms with Crippen LogP contribution in [0.1, 0.15) is 16.8 Å². The van der Waals surface area contributed by atoms with Crippen molar-refractivity contribution in [3.8, 4) is 0 Å². The molecule has 0 radical (unpaired) electrons. The van der Waals surface area contributed by atoms with Gasteiger partial charge in [-0.1, -0.05) is 59.6 Å². The van der Waals surface area contributed by atoms with Crippen molar-refractivity contribution < 1.29 is 4.92 Å². The second-order valence-corrected chi connectivity index (χ2v) is 8.60. The molecule has 0 amide bonds. The lowest BCUT2D eigenvalue weighted by atomic mass is 10.1. The highest BCUT2D eigenvalue weighted by Crippen LogP contribution is 2.28. The van der Waals surface area contributed by atoms with Crippen LogP contribution >= 0.6 is 23.2 Å². The number of aromatic nitrogens is 1. The second-order valence-electron chi connectivity index (χ2n) is 7.78. The molecule has 0 bridgehead atoms. The highest BCUT2D eigenvalue weighted by Gasteiger charge is 2.14. The van der Waals surface area contributed by atoms with Crippen LogP contribution in [-0.4, -0.2) is 22.6 Å². The van der Waals surface area contributed by atoms with Crippen molar-refractivity contribution in [3.63, 3.8) is 0 Å². The van der Waals surface area contributed by atoms with Gasteiger partial charge in [0.2, 0.25) is 0 Å². The average molecular weight is 483 g/mol. The van der Waals surface area contributed by atoms with Gasteiger partial charge in [0.1, 0.15) is 0 Å². The molecule has 0 unspecified atom stereocenters. The molecule has 8 heteroatoms. The minimum absolute atomic E-state index is 0.0210. The molecule has 170 valence electrons. The SMILES string of the molecule is Cc1c(CNCCNc2ccc([N+](=O)[O-])cc2Cl)c2ccccc2n1Cc1ccccc1Cl. The molecule has 0 fully saturated rings. The Balaban J connectivity index is 1.42. The molecule has 4 rings (SSSR count). The van der Waals surface area contributed by atoms with E-state index in [-0.39, 0.29) is 5.69 Å². The van der Waals surface area contributed by atoms with E-state index in [2.05, 4.69) is 52.5 Å². The zero-order valence-corrected chi connectivity index (χ0v) is 19.7. The molecule has 0 aliphatic rings. The summed E-state index contributed by atoms with van der Waals surface area (Å²) in [6.45, 7) is 4.91. The fraction of sp³-hybridized carbons (Fsp3) is 0.200. The third-order valence-corrected chi connectivity index (χ3v) is 6.41. The van der Waals surface area contributed by atoms with E-state index in [1.54, 1.807) is 6.07 Å². The van der Waals surface area contributed by atoms with E-state index < -0.39 is 4.92 Å². The van der Waals surface area contributed by atoms with Crippen LogP contribution in [0.4, 0.5) is 11.4 Å². The minimum Gasteiger partial charge on any atom is -0.383 e. The molecule has 0 spiro atoms. The van der Waals surface area contributed by atoms with Gasteiger partial charge in [-0.15, -0.1) is 0 Å². The third kappa shape index (κ3) is 5.14. The van der Waals surface area contributed by atoms with Gasteiger partial charge in [0, 0.05) is 59.9 Å². The first-order chi connectivity index (χ1) is 16.0. The number of non-ortho nitro benzene ring substituents is 1. The topological polar surface area (TPSA) is 72.1 Å². The lowest BCUT2D eigenvalue weighted by molar-refractivity contribution is -0.384. The number of hydrogen-bond donors (Lipinski definition) is 2. The summed E-state index contributed by atoms with van der Waals surface area (Å²) in [6, 6.07) is 20.8. The standard InChI is InChI=1S/C25H24Cl2N4O2/c1-17-21(15-28-12-13-29-24-11-10-19(31(32)33)14-23(24)27)20-7-3-5-9-25(20)30(17)16-18-6-2-4-8-22(18)26/h2-11,14,28-29H,12-13,15-16H2,1H3.